The van der Waals surface area contributed by atoms with Crippen LogP contribution in [0.4, 0.5) is 0 Å². The first kappa shape index (κ1) is 18.6. The van der Waals surface area contributed by atoms with Gasteiger partial charge in [-0.3, -0.25) is 9.59 Å². The molecule has 0 aliphatic heterocycles. The highest BCUT2D eigenvalue weighted by Gasteiger charge is 2.20. The Morgan fingerprint density at radius 1 is 0.720 bits per heavy atom. The number of nitrogens with one attached hydrogen (secondary N) is 2. The summed E-state index contributed by atoms with van der Waals surface area (Å²) in [6, 6.07) is 16.4. The van der Waals surface area contributed by atoms with E-state index >= 15 is 0 Å². The van der Waals surface area contributed by atoms with Crippen LogP contribution in [0.3, 0.4) is 0 Å². The van der Waals surface area contributed by atoms with Crippen molar-refractivity contribution in [1.82, 2.24) is 10.6 Å². The molecule has 0 aliphatic carbocycles. The number of aliphatic carboxylic acids is 2. The van der Waals surface area contributed by atoms with Crippen molar-refractivity contribution in [3.8, 4) is 0 Å². The number of benzene rings is 2. The Bertz CT molecular complexity index is 617. The predicted molar refractivity (Wildman–Crippen MR) is 94.3 cm³/mol. The van der Waals surface area contributed by atoms with Gasteiger partial charge in [0.05, 0.1) is 0 Å². The van der Waals surface area contributed by atoms with Crippen molar-refractivity contribution in [2.75, 3.05) is 13.1 Å². The van der Waals surface area contributed by atoms with E-state index in [1.165, 1.54) is 0 Å². The summed E-state index contributed by atoms with van der Waals surface area (Å²) in [4.78, 5) is 22.8. The second-order valence-electron chi connectivity index (χ2n) is 5.63. The average Bonchev–Trinajstić information content (AvgIpc) is 2.62. The van der Waals surface area contributed by atoms with Crippen molar-refractivity contribution in [2.24, 2.45) is 0 Å². The summed E-state index contributed by atoms with van der Waals surface area (Å²) >= 11 is 0. The van der Waals surface area contributed by atoms with Gasteiger partial charge in [0.2, 0.25) is 0 Å². The summed E-state index contributed by atoms with van der Waals surface area (Å²) in [5.74, 6) is -1.88. The molecule has 25 heavy (non-hydrogen) atoms. The molecule has 0 spiro atoms. The van der Waals surface area contributed by atoms with Gasteiger partial charge in [-0.15, -0.1) is 0 Å². The van der Waals surface area contributed by atoms with E-state index in [4.69, 9.17) is 0 Å². The molecule has 6 nitrogen and oxygen atoms in total. The molecule has 2 aromatic carbocycles. The lowest BCUT2D eigenvalue weighted by Crippen LogP contribution is -2.33. The lowest BCUT2D eigenvalue weighted by atomic mass is 10.1. The van der Waals surface area contributed by atoms with Crippen molar-refractivity contribution < 1.29 is 19.8 Å². The molecule has 0 heterocycles. The van der Waals surface area contributed by atoms with Gasteiger partial charge >= 0.3 is 11.9 Å². The second-order valence-corrected chi connectivity index (χ2v) is 5.63. The molecule has 0 radical (unpaired) electrons. The highest BCUT2D eigenvalue weighted by molar-refractivity contribution is 5.76. The quantitative estimate of drug-likeness (QED) is 0.494. The third-order valence-electron chi connectivity index (χ3n) is 3.81. The first-order chi connectivity index (χ1) is 12.1. The summed E-state index contributed by atoms with van der Waals surface area (Å²) < 4.78 is 0. The average molecular weight is 342 g/mol. The van der Waals surface area contributed by atoms with Crippen LogP contribution in [-0.4, -0.2) is 35.2 Å². The molecular weight excluding hydrogens is 320 g/mol. The van der Waals surface area contributed by atoms with Gasteiger partial charge in [-0.1, -0.05) is 60.7 Å². The molecular formula is C19H22N2O4. The van der Waals surface area contributed by atoms with Crippen molar-refractivity contribution in [2.45, 2.75) is 18.5 Å². The maximum atomic E-state index is 11.4. The molecule has 0 bridgehead atoms. The van der Waals surface area contributed by atoms with Gasteiger partial charge < -0.3 is 20.8 Å². The molecule has 4 N–H and O–H groups in total. The van der Waals surface area contributed by atoms with Crippen molar-refractivity contribution in [1.29, 1.82) is 0 Å². The standard InChI is InChI=1S/C19H22N2O4/c22-18(23)16(14-8-3-1-4-9-14)20-12-7-13-21-17(19(24)25)15-10-5-2-6-11-15/h1-6,8-11,16-17,20-21H,7,12-13H2,(H,22,23)(H,24,25)/t16-,17-/m1/s1. The van der Waals surface area contributed by atoms with Gasteiger partial charge in [-0.05, 0) is 30.6 Å². The van der Waals surface area contributed by atoms with Gasteiger partial charge in [0.25, 0.3) is 0 Å². The summed E-state index contributed by atoms with van der Waals surface area (Å²) in [5.41, 5.74) is 1.38. The number of carboxylic acids is 2. The van der Waals surface area contributed by atoms with Crippen LogP contribution < -0.4 is 10.6 Å². The Morgan fingerprint density at radius 2 is 1.08 bits per heavy atom. The van der Waals surface area contributed by atoms with Crippen LogP contribution in [0.5, 0.6) is 0 Å². The van der Waals surface area contributed by atoms with Crippen LogP contribution in [0.2, 0.25) is 0 Å². The Balaban J connectivity index is 1.81. The van der Waals surface area contributed by atoms with Crippen molar-refractivity contribution in [3.63, 3.8) is 0 Å². The molecule has 0 unspecified atom stereocenters. The molecule has 0 saturated carbocycles. The molecule has 0 aromatic heterocycles. The number of hydrogen-bond donors (Lipinski definition) is 4. The highest BCUT2D eigenvalue weighted by atomic mass is 16.4. The largest absolute Gasteiger partial charge is 0.480 e. The van der Waals surface area contributed by atoms with E-state index in [-0.39, 0.29) is 0 Å². The monoisotopic (exact) mass is 342 g/mol. The minimum atomic E-state index is -0.938. The first-order valence-corrected chi connectivity index (χ1v) is 8.12. The van der Waals surface area contributed by atoms with E-state index in [0.717, 1.165) is 0 Å². The normalized spacial score (nSPS) is 13.1. The second kappa shape index (κ2) is 9.56. The highest BCUT2D eigenvalue weighted by Crippen LogP contribution is 2.14. The maximum Gasteiger partial charge on any atom is 0.325 e. The van der Waals surface area contributed by atoms with Crippen LogP contribution in [-0.2, 0) is 9.59 Å². The fourth-order valence-electron chi connectivity index (χ4n) is 2.57. The van der Waals surface area contributed by atoms with Crippen molar-refractivity contribution in [3.05, 3.63) is 71.8 Å². The van der Waals surface area contributed by atoms with Crippen LogP contribution in [0.15, 0.2) is 60.7 Å². The van der Waals surface area contributed by atoms with Crippen molar-refractivity contribution >= 4 is 11.9 Å². The molecule has 2 aromatic rings. The summed E-state index contributed by atoms with van der Waals surface area (Å²) in [5, 5.41) is 24.7. The maximum absolute atomic E-state index is 11.4. The minimum Gasteiger partial charge on any atom is -0.480 e. The van der Waals surface area contributed by atoms with Gasteiger partial charge in [0, 0.05) is 0 Å². The van der Waals surface area contributed by atoms with E-state index in [0.29, 0.717) is 30.6 Å². The van der Waals surface area contributed by atoms with E-state index in [2.05, 4.69) is 10.6 Å². The zero-order valence-electron chi connectivity index (χ0n) is 13.8. The fraction of sp³-hybridized carbons (Fsp3) is 0.263. The van der Waals surface area contributed by atoms with Crippen LogP contribution in [0.25, 0.3) is 0 Å². The van der Waals surface area contributed by atoms with E-state index in [9.17, 15) is 19.8 Å². The van der Waals surface area contributed by atoms with E-state index in [1.54, 1.807) is 48.5 Å². The molecule has 6 heteroatoms. The van der Waals surface area contributed by atoms with E-state index < -0.39 is 24.0 Å². The minimum absolute atomic E-state index is 0.458. The van der Waals surface area contributed by atoms with Gasteiger partial charge in [-0.25, -0.2) is 0 Å². The van der Waals surface area contributed by atoms with Gasteiger partial charge in [0.15, 0.2) is 0 Å². The molecule has 0 saturated heterocycles. The van der Waals surface area contributed by atoms with Gasteiger partial charge in [0.1, 0.15) is 12.1 Å². The van der Waals surface area contributed by atoms with Crippen LogP contribution in [0.1, 0.15) is 29.6 Å². The smallest absolute Gasteiger partial charge is 0.325 e. The molecule has 2 atom stereocenters. The number of hydrogen-bond acceptors (Lipinski definition) is 4. The zero-order valence-corrected chi connectivity index (χ0v) is 13.8. The topological polar surface area (TPSA) is 98.7 Å². The Labute approximate surface area is 146 Å². The molecule has 0 amide bonds. The summed E-state index contributed by atoms with van der Waals surface area (Å²) in [6.07, 6.45) is 0.604. The SMILES string of the molecule is O=C(O)[C@H](NCCCN[C@@H](C(=O)O)c1ccccc1)c1ccccc1. The zero-order chi connectivity index (χ0) is 18.1. The van der Waals surface area contributed by atoms with Crippen LogP contribution >= 0.6 is 0 Å². The Kier molecular flexibility index (Phi) is 7.13. The molecule has 0 fully saturated rings. The molecule has 0 aliphatic rings. The third kappa shape index (κ3) is 5.70. The predicted octanol–water partition coefficient (Wildman–Crippen LogP) is 2.21. The Morgan fingerprint density at radius 3 is 1.40 bits per heavy atom. The summed E-state index contributed by atoms with van der Waals surface area (Å²) in [6.45, 7) is 0.917. The number of rotatable bonds is 10. The lowest BCUT2D eigenvalue weighted by molar-refractivity contribution is -0.140. The Hall–Kier alpha value is -2.70. The third-order valence-corrected chi connectivity index (χ3v) is 3.81. The first-order valence-electron chi connectivity index (χ1n) is 8.12. The molecule has 132 valence electrons. The molecule has 2 rings (SSSR count). The van der Waals surface area contributed by atoms with Gasteiger partial charge in [-0.2, -0.15) is 0 Å². The number of carbonyl (C=O) groups is 2. The fourth-order valence-corrected chi connectivity index (χ4v) is 2.57. The van der Waals surface area contributed by atoms with Crippen LogP contribution in [0, 0.1) is 0 Å². The van der Waals surface area contributed by atoms with E-state index in [1.807, 2.05) is 12.1 Å². The summed E-state index contributed by atoms with van der Waals surface area (Å²) in [7, 11) is 0. The number of carboxylic acid groups (broad SMARTS) is 2. The lowest BCUT2D eigenvalue weighted by Gasteiger charge is -2.17.